The molecule has 0 spiro atoms. The van der Waals surface area contributed by atoms with Gasteiger partial charge in [0.15, 0.2) is 0 Å². The van der Waals surface area contributed by atoms with Gasteiger partial charge >= 0.3 is 0 Å². The van der Waals surface area contributed by atoms with Gasteiger partial charge in [-0.15, -0.1) is 0 Å². The summed E-state index contributed by atoms with van der Waals surface area (Å²) in [7, 11) is 0. The highest BCUT2D eigenvalue weighted by atomic mass is 16.2. The Morgan fingerprint density at radius 1 is 1.33 bits per heavy atom. The van der Waals surface area contributed by atoms with Crippen LogP contribution in [-0.4, -0.2) is 18.0 Å². The number of carbonyl (C=O) groups excluding carboxylic acids is 1. The van der Waals surface area contributed by atoms with Gasteiger partial charge in [0.25, 0.3) is 0 Å². The molecule has 2 rings (SSSR count). The summed E-state index contributed by atoms with van der Waals surface area (Å²) in [5.74, 6) is 1.88. The molecule has 2 saturated carbocycles. The Labute approximate surface area is 91.8 Å². The van der Waals surface area contributed by atoms with E-state index in [1.807, 2.05) is 13.8 Å². The highest BCUT2D eigenvalue weighted by Crippen LogP contribution is 2.44. The SMILES string of the molecule is CC(C)C(N)C(=O)NC1CC2CCC1C2. The topological polar surface area (TPSA) is 55.1 Å². The van der Waals surface area contributed by atoms with Crippen molar-refractivity contribution in [2.75, 3.05) is 0 Å². The molecule has 3 N–H and O–H groups in total. The van der Waals surface area contributed by atoms with E-state index in [4.69, 9.17) is 5.73 Å². The average Bonchev–Trinajstić information content (AvgIpc) is 2.77. The van der Waals surface area contributed by atoms with Crippen molar-refractivity contribution < 1.29 is 4.79 Å². The zero-order valence-corrected chi connectivity index (χ0v) is 9.70. The molecule has 4 unspecified atom stereocenters. The van der Waals surface area contributed by atoms with Gasteiger partial charge in [0.05, 0.1) is 6.04 Å². The van der Waals surface area contributed by atoms with E-state index in [9.17, 15) is 4.79 Å². The molecule has 86 valence electrons. The van der Waals surface area contributed by atoms with Crippen molar-refractivity contribution in [1.29, 1.82) is 0 Å². The third kappa shape index (κ3) is 2.17. The van der Waals surface area contributed by atoms with Gasteiger partial charge in [-0.3, -0.25) is 4.79 Å². The summed E-state index contributed by atoms with van der Waals surface area (Å²) < 4.78 is 0. The molecule has 15 heavy (non-hydrogen) atoms. The molecular formula is C12H22N2O. The van der Waals surface area contributed by atoms with Crippen molar-refractivity contribution in [3.63, 3.8) is 0 Å². The zero-order chi connectivity index (χ0) is 11.0. The molecule has 2 bridgehead atoms. The summed E-state index contributed by atoms with van der Waals surface area (Å²) in [4.78, 5) is 11.8. The Hall–Kier alpha value is -0.570. The highest BCUT2D eigenvalue weighted by Gasteiger charge is 2.40. The van der Waals surface area contributed by atoms with Gasteiger partial charge in [0, 0.05) is 6.04 Å². The van der Waals surface area contributed by atoms with Crippen LogP contribution in [0, 0.1) is 17.8 Å². The largest absolute Gasteiger partial charge is 0.352 e. The van der Waals surface area contributed by atoms with E-state index >= 15 is 0 Å². The molecule has 4 atom stereocenters. The summed E-state index contributed by atoms with van der Waals surface area (Å²) in [6.45, 7) is 3.98. The lowest BCUT2D eigenvalue weighted by Gasteiger charge is -2.25. The molecule has 0 saturated heterocycles. The number of nitrogens with two attached hydrogens (primary N) is 1. The molecule has 2 fully saturated rings. The molecule has 3 heteroatoms. The Balaban J connectivity index is 1.85. The smallest absolute Gasteiger partial charge is 0.237 e. The van der Waals surface area contributed by atoms with E-state index < -0.39 is 0 Å². The molecule has 0 aliphatic heterocycles. The summed E-state index contributed by atoms with van der Waals surface area (Å²) >= 11 is 0. The molecule has 2 aliphatic carbocycles. The number of carbonyl (C=O) groups is 1. The van der Waals surface area contributed by atoms with Crippen molar-refractivity contribution in [3.05, 3.63) is 0 Å². The standard InChI is InChI=1S/C12H22N2O/c1-7(2)11(13)12(15)14-10-6-8-3-4-9(10)5-8/h7-11H,3-6,13H2,1-2H3,(H,14,15). The molecule has 0 radical (unpaired) electrons. The summed E-state index contributed by atoms with van der Waals surface area (Å²) in [5.41, 5.74) is 5.82. The molecular weight excluding hydrogens is 188 g/mol. The van der Waals surface area contributed by atoms with Crippen LogP contribution in [0.15, 0.2) is 0 Å². The van der Waals surface area contributed by atoms with Crippen LogP contribution in [0.25, 0.3) is 0 Å². The Bertz CT molecular complexity index is 252. The van der Waals surface area contributed by atoms with Crippen LogP contribution >= 0.6 is 0 Å². The monoisotopic (exact) mass is 210 g/mol. The van der Waals surface area contributed by atoms with Crippen LogP contribution < -0.4 is 11.1 Å². The lowest BCUT2D eigenvalue weighted by molar-refractivity contribution is -0.124. The number of fused-ring (bicyclic) bond motifs is 2. The maximum absolute atomic E-state index is 11.8. The molecule has 1 amide bonds. The lowest BCUT2D eigenvalue weighted by Crippen LogP contribution is -2.49. The summed E-state index contributed by atoms with van der Waals surface area (Å²) in [6.07, 6.45) is 5.17. The van der Waals surface area contributed by atoms with Gasteiger partial charge in [-0.25, -0.2) is 0 Å². The number of hydrogen-bond donors (Lipinski definition) is 2. The van der Waals surface area contributed by atoms with E-state index in [0.717, 1.165) is 11.8 Å². The van der Waals surface area contributed by atoms with Crippen LogP contribution in [0.2, 0.25) is 0 Å². The second kappa shape index (κ2) is 4.12. The van der Waals surface area contributed by atoms with Crippen LogP contribution in [0.4, 0.5) is 0 Å². The van der Waals surface area contributed by atoms with E-state index in [2.05, 4.69) is 5.32 Å². The first-order valence-corrected chi connectivity index (χ1v) is 6.14. The quantitative estimate of drug-likeness (QED) is 0.737. The van der Waals surface area contributed by atoms with E-state index in [1.165, 1.54) is 25.7 Å². The first-order chi connectivity index (χ1) is 7.08. The fraction of sp³-hybridized carbons (Fsp3) is 0.917. The Morgan fingerprint density at radius 3 is 2.53 bits per heavy atom. The number of amides is 1. The Morgan fingerprint density at radius 2 is 2.07 bits per heavy atom. The molecule has 2 aliphatic rings. The normalized spacial score (nSPS) is 35.9. The third-order valence-electron chi connectivity index (χ3n) is 4.09. The van der Waals surface area contributed by atoms with E-state index in [0.29, 0.717) is 6.04 Å². The van der Waals surface area contributed by atoms with Crippen molar-refractivity contribution in [2.24, 2.45) is 23.5 Å². The van der Waals surface area contributed by atoms with E-state index in [1.54, 1.807) is 0 Å². The first kappa shape index (κ1) is 10.9. The van der Waals surface area contributed by atoms with Gasteiger partial charge in [-0.2, -0.15) is 0 Å². The second-order valence-electron chi connectivity index (χ2n) is 5.56. The average molecular weight is 210 g/mol. The van der Waals surface area contributed by atoms with Crippen LogP contribution in [-0.2, 0) is 4.79 Å². The molecule has 3 nitrogen and oxygen atoms in total. The fourth-order valence-corrected chi connectivity index (χ4v) is 3.00. The van der Waals surface area contributed by atoms with Crippen molar-refractivity contribution in [1.82, 2.24) is 5.32 Å². The lowest BCUT2D eigenvalue weighted by atomic mass is 9.94. The molecule has 0 aromatic rings. The first-order valence-electron chi connectivity index (χ1n) is 6.14. The third-order valence-corrected chi connectivity index (χ3v) is 4.09. The van der Waals surface area contributed by atoms with Crippen molar-refractivity contribution >= 4 is 5.91 Å². The highest BCUT2D eigenvalue weighted by molar-refractivity contribution is 5.82. The minimum Gasteiger partial charge on any atom is -0.352 e. The van der Waals surface area contributed by atoms with Crippen LogP contribution in [0.1, 0.15) is 39.5 Å². The summed E-state index contributed by atoms with van der Waals surface area (Å²) in [5, 5.41) is 3.13. The molecule has 0 heterocycles. The fourth-order valence-electron chi connectivity index (χ4n) is 3.00. The predicted octanol–water partition coefficient (Wildman–Crippen LogP) is 1.27. The van der Waals surface area contributed by atoms with E-state index in [-0.39, 0.29) is 17.9 Å². The Kier molecular flexibility index (Phi) is 3.01. The van der Waals surface area contributed by atoms with Gasteiger partial charge < -0.3 is 11.1 Å². The van der Waals surface area contributed by atoms with Crippen LogP contribution in [0.3, 0.4) is 0 Å². The van der Waals surface area contributed by atoms with Crippen LogP contribution in [0.5, 0.6) is 0 Å². The van der Waals surface area contributed by atoms with Gasteiger partial charge in [-0.05, 0) is 37.0 Å². The number of rotatable bonds is 3. The minimum absolute atomic E-state index is 0.0440. The maximum Gasteiger partial charge on any atom is 0.237 e. The van der Waals surface area contributed by atoms with Gasteiger partial charge in [0.1, 0.15) is 0 Å². The number of nitrogens with one attached hydrogen (secondary N) is 1. The zero-order valence-electron chi connectivity index (χ0n) is 9.70. The second-order valence-corrected chi connectivity index (χ2v) is 5.56. The predicted molar refractivity (Wildman–Crippen MR) is 60.2 cm³/mol. The van der Waals surface area contributed by atoms with Gasteiger partial charge in [0.2, 0.25) is 5.91 Å². The molecule has 0 aromatic carbocycles. The molecule has 0 aromatic heterocycles. The maximum atomic E-state index is 11.8. The minimum atomic E-state index is -0.343. The van der Waals surface area contributed by atoms with Gasteiger partial charge in [-0.1, -0.05) is 20.3 Å². The number of hydrogen-bond acceptors (Lipinski definition) is 2. The van der Waals surface area contributed by atoms with Crippen molar-refractivity contribution in [2.45, 2.75) is 51.6 Å². The van der Waals surface area contributed by atoms with Crippen molar-refractivity contribution in [3.8, 4) is 0 Å². The summed E-state index contributed by atoms with van der Waals surface area (Å²) in [6, 6.07) is 0.0742.